The average Bonchev–Trinajstić information content (AvgIpc) is 2.10. The largest absolute Gasteiger partial charge is 0.332 e. The van der Waals surface area contributed by atoms with Gasteiger partial charge in [-0.2, -0.15) is 5.26 Å². The van der Waals surface area contributed by atoms with Crippen LogP contribution in [-0.4, -0.2) is 0 Å². The zero-order chi connectivity index (χ0) is 8.97. The number of hydrogen-bond acceptors (Lipinski definition) is 1. The third-order valence-corrected chi connectivity index (χ3v) is 1.44. The van der Waals surface area contributed by atoms with Crippen LogP contribution in [0.4, 0.5) is 4.39 Å². The predicted octanol–water partition coefficient (Wildman–Crippen LogP) is 2.31. The topological polar surface area (TPSA) is 28.1 Å². The molecule has 0 N–H and O–H groups in total. The van der Waals surface area contributed by atoms with Gasteiger partial charge in [0.15, 0.2) is 6.07 Å². The maximum absolute atomic E-state index is 12.4. The lowest BCUT2D eigenvalue weighted by Crippen LogP contribution is -1.88. The van der Waals surface area contributed by atoms with Crippen molar-refractivity contribution in [3.05, 3.63) is 47.1 Å². The highest BCUT2D eigenvalue weighted by molar-refractivity contribution is 5.27. The molecule has 3 heteroatoms. The molecule has 0 saturated carbocycles. The average molecular weight is 160 g/mol. The second kappa shape index (κ2) is 3.50. The highest BCUT2D eigenvalue weighted by Gasteiger charge is 2.12. The second-order valence-corrected chi connectivity index (χ2v) is 2.21. The highest BCUT2D eigenvalue weighted by Crippen LogP contribution is 2.16. The van der Waals surface area contributed by atoms with Crippen LogP contribution in [0.25, 0.3) is 4.85 Å². The van der Waals surface area contributed by atoms with Gasteiger partial charge in [0.25, 0.3) is 0 Å². The van der Waals surface area contributed by atoms with Crippen molar-refractivity contribution in [2.24, 2.45) is 0 Å². The lowest BCUT2D eigenvalue weighted by atomic mass is 10.1. The Hall–Kier alpha value is -1.87. The highest BCUT2D eigenvalue weighted by atomic mass is 19.1. The molecular weight excluding hydrogens is 155 g/mol. The van der Waals surface area contributed by atoms with E-state index < -0.39 is 6.04 Å². The maximum Gasteiger partial charge on any atom is 0.332 e. The van der Waals surface area contributed by atoms with Crippen molar-refractivity contribution >= 4 is 0 Å². The van der Waals surface area contributed by atoms with Crippen LogP contribution in [0.5, 0.6) is 0 Å². The second-order valence-electron chi connectivity index (χ2n) is 2.21. The first-order valence-electron chi connectivity index (χ1n) is 3.29. The molecule has 2 nitrogen and oxygen atoms in total. The van der Waals surface area contributed by atoms with Gasteiger partial charge in [-0.3, -0.25) is 4.85 Å². The molecule has 0 heterocycles. The molecule has 0 aliphatic heterocycles. The van der Waals surface area contributed by atoms with Gasteiger partial charge in [0.1, 0.15) is 5.82 Å². The van der Waals surface area contributed by atoms with Crippen LogP contribution in [0.1, 0.15) is 11.6 Å². The molecule has 0 fully saturated rings. The van der Waals surface area contributed by atoms with Crippen LogP contribution in [0.15, 0.2) is 24.3 Å². The molecule has 12 heavy (non-hydrogen) atoms. The molecule has 1 rings (SSSR count). The molecule has 1 atom stereocenters. The SMILES string of the molecule is [C-]#[N+]C(C#N)c1ccc(F)cc1. The number of nitrogens with zero attached hydrogens (tertiary/aromatic N) is 2. The number of nitriles is 1. The smallest absolute Gasteiger partial charge is 0.292 e. The summed E-state index contributed by atoms with van der Waals surface area (Å²) < 4.78 is 12.4. The van der Waals surface area contributed by atoms with E-state index in [4.69, 9.17) is 11.8 Å². The van der Waals surface area contributed by atoms with E-state index >= 15 is 0 Å². The summed E-state index contributed by atoms with van der Waals surface area (Å²) in [6.45, 7) is 6.66. The first kappa shape index (κ1) is 8.23. The van der Waals surface area contributed by atoms with E-state index in [1.165, 1.54) is 24.3 Å². The van der Waals surface area contributed by atoms with Crippen LogP contribution in [0, 0.1) is 23.7 Å². The van der Waals surface area contributed by atoms with E-state index in [-0.39, 0.29) is 5.82 Å². The van der Waals surface area contributed by atoms with Gasteiger partial charge in [0.05, 0.1) is 0 Å². The predicted molar refractivity (Wildman–Crippen MR) is 41.4 cm³/mol. The Labute approximate surface area is 69.7 Å². The maximum atomic E-state index is 12.4. The van der Waals surface area contributed by atoms with Gasteiger partial charge >= 0.3 is 6.04 Å². The molecule has 0 aliphatic rings. The van der Waals surface area contributed by atoms with Gasteiger partial charge < -0.3 is 0 Å². The summed E-state index contributed by atoms with van der Waals surface area (Å²) in [6, 6.07) is 6.37. The van der Waals surface area contributed by atoms with Crippen molar-refractivity contribution in [2.45, 2.75) is 6.04 Å². The summed E-state index contributed by atoms with van der Waals surface area (Å²) >= 11 is 0. The number of hydrogen-bond donors (Lipinski definition) is 0. The number of halogens is 1. The summed E-state index contributed by atoms with van der Waals surface area (Å²) in [5, 5.41) is 8.49. The Bertz CT molecular complexity index is 328. The minimum Gasteiger partial charge on any atom is -0.292 e. The van der Waals surface area contributed by atoms with Crippen LogP contribution < -0.4 is 0 Å². The molecule has 58 valence electrons. The minimum atomic E-state index is -0.814. The number of benzene rings is 1. The van der Waals surface area contributed by atoms with E-state index in [1.54, 1.807) is 0 Å². The van der Waals surface area contributed by atoms with Gasteiger partial charge in [-0.1, -0.05) is 0 Å². The molecule has 0 saturated heterocycles. The van der Waals surface area contributed by atoms with E-state index in [0.29, 0.717) is 5.56 Å². The van der Waals surface area contributed by atoms with Crippen molar-refractivity contribution in [1.82, 2.24) is 0 Å². The summed E-state index contributed by atoms with van der Waals surface area (Å²) in [4.78, 5) is 3.07. The first-order chi connectivity index (χ1) is 5.77. The third kappa shape index (κ3) is 1.59. The summed E-state index contributed by atoms with van der Waals surface area (Å²) in [5.41, 5.74) is 0.536. The first-order valence-corrected chi connectivity index (χ1v) is 3.29. The number of rotatable bonds is 1. The van der Waals surface area contributed by atoms with E-state index in [0.717, 1.165) is 0 Å². The van der Waals surface area contributed by atoms with Crippen LogP contribution in [0.3, 0.4) is 0 Å². The van der Waals surface area contributed by atoms with Crippen LogP contribution in [0.2, 0.25) is 0 Å². The molecule has 0 amide bonds. The minimum absolute atomic E-state index is 0.361. The molecule has 0 radical (unpaired) electrons. The molecule has 0 bridgehead atoms. The molecule has 0 aliphatic carbocycles. The normalized spacial score (nSPS) is 11.2. The van der Waals surface area contributed by atoms with Gasteiger partial charge in [-0.25, -0.2) is 11.0 Å². The molecule has 1 aromatic carbocycles. The van der Waals surface area contributed by atoms with Crippen molar-refractivity contribution in [2.75, 3.05) is 0 Å². The summed E-state index contributed by atoms with van der Waals surface area (Å²) in [6.07, 6.45) is 0. The summed E-state index contributed by atoms with van der Waals surface area (Å²) in [7, 11) is 0. The Morgan fingerprint density at radius 2 is 2.00 bits per heavy atom. The fraction of sp³-hybridized carbons (Fsp3) is 0.111. The van der Waals surface area contributed by atoms with E-state index in [2.05, 4.69) is 4.85 Å². The molecule has 1 unspecified atom stereocenters. The third-order valence-electron chi connectivity index (χ3n) is 1.44. The van der Waals surface area contributed by atoms with E-state index in [9.17, 15) is 4.39 Å². The van der Waals surface area contributed by atoms with Crippen molar-refractivity contribution < 1.29 is 4.39 Å². The Morgan fingerprint density at radius 3 is 2.42 bits per heavy atom. The van der Waals surface area contributed by atoms with Gasteiger partial charge in [0, 0.05) is 5.56 Å². The van der Waals surface area contributed by atoms with Crippen molar-refractivity contribution in [1.29, 1.82) is 5.26 Å². The van der Waals surface area contributed by atoms with Gasteiger partial charge in [-0.15, -0.1) is 0 Å². The van der Waals surface area contributed by atoms with Crippen molar-refractivity contribution in [3.8, 4) is 6.07 Å². The van der Waals surface area contributed by atoms with Crippen LogP contribution in [-0.2, 0) is 0 Å². The van der Waals surface area contributed by atoms with Gasteiger partial charge in [0.2, 0.25) is 0 Å². The Kier molecular flexibility index (Phi) is 2.40. The van der Waals surface area contributed by atoms with Gasteiger partial charge in [-0.05, 0) is 24.3 Å². The van der Waals surface area contributed by atoms with E-state index in [1.807, 2.05) is 6.07 Å². The van der Waals surface area contributed by atoms with Crippen LogP contribution >= 0.6 is 0 Å². The zero-order valence-electron chi connectivity index (χ0n) is 6.16. The molecular formula is C9H5FN2. The summed E-state index contributed by atoms with van der Waals surface area (Å²) in [5.74, 6) is -0.361. The molecule has 1 aromatic rings. The van der Waals surface area contributed by atoms with Crippen molar-refractivity contribution in [3.63, 3.8) is 0 Å². The molecule has 0 aromatic heterocycles. The Balaban J connectivity index is 2.99. The standard InChI is InChI=1S/C9H5FN2/c1-12-9(6-11)7-2-4-8(10)5-3-7/h2-5,9H. The lowest BCUT2D eigenvalue weighted by Gasteiger charge is -1.95. The molecule has 0 spiro atoms. The quantitative estimate of drug-likeness (QED) is 0.579. The fourth-order valence-corrected chi connectivity index (χ4v) is 0.823. The zero-order valence-corrected chi connectivity index (χ0v) is 6.16. The Morgan fingerprint density at radius 1 is 1.42 bits per heavy atom. The monoisotopic (exact) mass is 160 g/mol. The lowest BCUT2D eigenvalue weighted by molar-refractivity contribution is 0.627. The fourth-order valence-electron chi connectivity index (χ4n) is 0.823.